The predicted octanol–water partition coefficient (Wildman–Crippen LogP) is 3.51. The first-order valence-corrected chi connectivity index (χ1v) is 6.59. The predicted molar refractivity (Wildman–Crippen MR) is 78.5 cm³/mol. The van der Waals surface area contributed by atoms with Crippen molar-refractivity contribution in [2.45, 2.75) is 19.4 Å². The molecule has 0 aromatic heterocycles. The first-order valence-electron chi connectivity index (χ1n) is 6.59. The molecule has 19 heavy (non-hydrogen) atoms. The van der Waals surface area contributed by atoms with Gasteiger partial charge in [-0.2, -0.15) is 0 Å². The lowest BCUT2D eigenvalue weighted by Crippen LogP contribution is -2.20. The average Bonchev–Trinajstić information content (AvgIpc) is 2.44. The van der Waals surface area contributed by atoms with E-state index in [1.54, 1.807) is 0 Å². The maximum Gasteiger partial charge on any atom is 0.124 e. The van der Waals surface area contributed by atoms with Crippen molar-refractivity contribution in [3.63, 3.8) is 0 Å². The molecule has 1 aliphatic rings. The van der Waals surface area contributed by atoms with Crippen LogP contribution in [0, 0.1) is 6.92 Å². The quantitative estimate of drug-likeness (QED) is 0.806. The Balaban J connectivity index is 1.91. The zero-order chi connectivity index (χ0) is 13.2. The molecule has 3 heteroatoms. The molecule has 1 aliphatic heterocycles. The van der Waals surface area contributed by atoms with E-state index in [2.05, 4.69) is 11.4 Å². The molecule has 1 unspecified atom stereocenters. The number of rotatable bonds is 2. The number of nitrogens with two attached hydrogens (primary N) is 1. The second kappa shape index (κ2) is 4.84. The van der Waals surface area contributed by atoms with E-state index >= 15 is 0 Å². The van der Waals surface area contributed by atoms with Crippen molar-refractivity contribution in [1.29, 1.82) is 0 Å². The molecular formula is C16H18N2O. The van der Waals surface area contributed by atoms with Gasteiger partial charge in [0.15, 0.2) is 0 Å². The lowest BCUT2D eigenvalue weighted by molar-refractivity contribution is 0.274. The molecule has 2 aromatic rings. The monoisotopic (exact) mass is 254 g/mol. The van der Waals surface area contributed by atoms with Crippen LogP contribution < -0.4 is 15.8 Å². The summed E-state index contributed by atoms with van der Waals surface area (Å²) in [6.07, 6.45) is 0.949. The van der Waals surface area contributed by atoms with Crippen LogP contribution in [0.5, 0.6) is 5.75 Å². The van der Waals surface area contributed by atoms with Crippen LogP contribution in [0.4, 0.5) is 11.4 Å². The highest BCUT2D eigenvalue weighted by molar-refractivity contribution is 5.70. The number of nitrogen functional groups attached to an aromatic ring is 1. The molecule has 0 fully saturated rings. The van der Waals surface area contributed by atoms with Gasteiger partial charge in [-0.05, 0) is 24.6 Å². The largest absolute Gasteiger partial charge is 0.493 e. The van der Waals surface area contributed by atoms with E-state index < -0.39 is 0 Å². The van der Waals surface area contributed by atoms with E-state index in [0.29, 0.717) is 0 Å². The zero-order valence-electron chi connectivity index (χ0n) is 11.0. The fourth-order valence-electron chi connectivity index (χ4n) is 2.49. The molecule has 0 amide bonds. The fourth-order valence-corrected chi connectivity index (χ4v) is 2.49. The third kappa shape index (κ3) is 2.24. The van der Waals surface area contributed by atoms with Gasteiger partial charge in [0.2, 0.25) is 0 Å². The van der Waals surface area contributed by atoms with Gasteiger partial charge in [0.1, 0.15) is 5.75 Å². The van der Waals surface area contributed by atoms with E-state index in [1.165, 1.54) is 5.56 Å². The smallest absolute Gasteiger partial charge is 0.124 e. The molecule has 2 aromatic carbocycles. The van der Waals surface area contributed by atoms with Crippen molar-refractivity contribution in [2.24, 2.45) is 0 Å². The van der Waals surface area contributed by atoms with Crippen molar-refractivity contribution in [3.05, 3.63) is 53.6 Å². The summed E-state index contributed by atoms with van der Waals surface area (Å²) >= 11 is 0. The number of hydrogen-bond donors (Lipinski definition) is 2. The molecule has 98 valence electrons. The number of fused-ring (bicyclic) bond motifs is 1. The standard InChI is InChI=1S/C16H18N2O/c1-11-5-4-7-14(16(11)17)18-13-9-10-19-15-8-3-2-6-12(13)15/h2-8,13,18H,9-10,17H2,1H3. The van der Waals surface area contributed by atoms with E-state index in [1.807, 2.05) is 43.3 Å². The molecular weight excluding hydrogens is 236 g/mol. The summed E-state index contributed by atoms with van der Waals surface area (Å²) in [5, 5.41) is 3.54. The third-order valence-electron chi connectivity index (χ3n) is 3.61. The SMILES string of the molecule is Cc1cccc(NC2CCOc3ccccc32)c1N. The number of para-hydroxylation sites is 2. The Morgan fingerprint density at radius 3 is 2.89 bits per heavy atom. The molecule has 3 rings (SSSR count). The van der Waals surface area contributed by atoms with Crippen LogP contribution in [-0.2, 0) is 0 Å². The Morgan fingerprint density at radius 1 is 1.16 bits per heavy atom. The van der Waals surface area contributed by atoms with Crippen LogP contribution in [0.2, 0.25) is 0 Å². The highest BCUT2D eigenvalue weighted by atomic mass is 16.5. The molecule has 3 N–H and O–H groups in total. The molecule has 0 aliphatic carbocycles. The molecule has 0 radical (unpaired) electrons. The lowest BCUT2D eigenvalue weighted by Gasteiger charge is -2.28. The maximum absolute atomic E-state index is 6.13. The van der Waals surface area contributed by atoms with Gasteiger partial charge in [0.25, 0.3) is 0 Å². The summed E-state index contributed by atoms with van der Waals surface area (Å²) in [7, 11) is 0. The first-order chi connectivity index (χ1) is 9.25. The summed E-state index contributed by atoms with van der Waals surface area (Å²) < 4.78 is 5.67. The highest BCUT2D eigenvalue weighted by Crippen LogP contribution is 2.35. The molecule has 1 atom stereocenters. The van der Waals surface area contributed by atoms with Crippen LogP contribution in [-0.4, -0.2) is 6.61 Å². The summed E-state index contributed by atoms with van der Waals surface area (Å²) in [6, 6.07) is 14.5. The summed E-state index contributed by atoms with van der Waals surface area (Å²) in [5.41, 5.74) is 10.3. The second-order valence-corrected chi connectivity index (χ2v) is 4.91. The normalized spacial score (nSPS) is 17.4. The number of anilines is 2. The molecule has 0 bridgehead atoms. The van der Waals surface area contributed by atoms with E-state index in [-0.39, 0.29) is 6.04 Å². The van der Waals surface area contributed by atoms with E-state index in [4.69, 9.17) is 10.5 Å². The Bertz CT molecular complexity index is 595. The van der Waals surface area contributed by atoms with Gasteiger partial charge < -0.3 is 15.8 Å². The number of benzene rings is 2. The Hall–Kier alpha value is -2.16. The van der Waals surface area contributed by atoms with Crippen LogP contribution in [0.1, 0.15) is 23.6 Å². The van der Waals surface area contributed by atoms with Crippen LogP contribution in [0.15, 0.2) is 42.5 Å². The Kier molecular flexibility index (Phi) is 3.03. The van der Waals surface area contributed by atoms with Crippen molar-refractivity contribution in [1.82, 2.24) is 0 Å². The van der Waals surface area contributed by atoms with Crippen LogP contribution >= 0.6 is 0 Å². The maximum atomic E-state index is 6.13. The Labute approximate surface area is 113 Å². The molecule has 0 spiro atoms. The van der Waals surface area contributed by atoms with Gasteiger partial charge in [0, 0.05) is 12.0 Å². The highest BCUT2D eigenvalue weighted by Gasteiger charge is 2.21. The van der Waals surface area contributed by atoms with Crippen molar-refractivity contribution >= 4 is 11.4 Å². The van der Waals surface area contributed by atoms with Crippen molar-refractivity contribution in [3.8, 4) is 5.75 Å². The topological polar surface area (TPSA) is 47.3 Å². The summed E-state index contributed by atoms with van der Waals surface area (Å²) in [5.74, 6) is 0.970. The summed E-state index contributed by atoms with van der Waals surface area (Å²) in [6.45, 7) is 2.76. The number of aryl methyl sites for hydroxylation is 1. The number of ether oxygens (including phenoxy) is 1. The molecule has 3 nitrogen and oxygen atoms in total. The van der Waals surface area contributed by atoms with Gasteiger partial charge in [-0.1, -0.05) is 30.3 Å². The molecule has 0 saturated heterocycles. The van der Waals surface area contributed by atoms with Gasteiger partial charge >= 0.3 is 0 Å². The van der Waals surface area contributed by atoms with Crippen LogP contribution in [0.3, 0.4) is 0 Å². The number of hydrogen-bond acceptors (Lipinski definition) is 3. The van der Waals surface area contributed by atoms with Crippen LogP contribution in [0.25, 0.3) is 0 Å². The minimum Gasteiger partial charge on any atom is -0.493 e. The minimum absolute atomic E-state index is 0.258. The fraction of sp³-hybridized carbons (Fsp3) is 0.250. The van der Waals surface area contributed by atoms with Gasteiger partial charge in [0.05, 0.1) is 24.0 Å². The number of nitrogens with one attached hydrogen (secondary N) is 1. The van der Waals surface area contributed by atoms with Gasteiger partial charge in [-0.25, -0.2) is 0 Å². The van der Waals surface area contributed by atoms with E-state index in [9.17, 15) is 0 Å². The average molecular weight is 254 g/mol. The lowest BCUT2D eigenvalue weighted by atomic mass is 10.00. The minimum atomic E-state index is 0.258. The Morgan fingerprint density at radius 2 is 2.00 bits per heavy atom. The van der Waals surface area contributed by atoms with E-state index in [0.717, 1.165) is 35.7 Å². The van der Waals surface area contributed by atoms with Gasteiger partial charge in [-0.15, -0.1) is 0 Å². The molecule has 0 saturated carbocycles. The third-order valence-corrected chi connectivity index (χ3v) is 3.61. The summed E-state index contributed by atoms with van der Waals surface area (Å²) in [4.78, 5) is 0. The van der Waals surface area contributed by atoms with Crippen molar-refractivity contribution in [2.75, 3.05) is 17.7 Å². The second-order valence-electron chi connectivity index (χ2n) is 4.91. The zero-order valence-corrected chi connectivity index (χ0v) is 11.0. The van der Waals surface area contributed by atoms with Crippen molar-refractivity contribution < 1.29 is 4.74 Å². The first kappa shape index (κ1) is 11.9. The molecule has 1 heterocycles. The van der Waals surface area contributed by atoms with Gasteiger partial charge in [-0.3, -0.25) is 0 Å².